The molecule has 4 nitrogen and oxygen atoms in total. The molecule has 0 atom stereocenters. The summed E-state index contributed by atoms with van der Waals surface area (Å²) < 4.78 is 11.6. The number of hydrogen-bond acceptors (Lipinski definition) is 4. The molecule has 1 fully saturated rings. The summed E-state index contributed by atoms with van der Waals surface area (Å²) in [5.41, 5.74) is 5.45. The molecular weight excluding hydrogens is 592 g/mol. The zero-order valence-corrected chi connectivity index (χ0v) is 31.0. The van der Waals surface area contributed by atoms with Crippen molar-refractivity contribution in [3.63, 3.8) is 0 Å². The first-order valence-corrected chi connectivity index (χ1v) is 18.7. The summed E-state index contributed by atoms with van der Waals surface area (Å²) in [6, 6.07) is 21.3. The Morgan fingerprint density at radius 3 is 1.79 bits per heavy atom. The maximum Gasteiger partial charge on any atom is 0.338 e. The third-order valence-corrected chi connectivity index (χ3v) is 10.1. The topological polar surface area (TPSA) is 55.8 Å². The van der Waals surface area contributed by atoms with Crippen LogP contribution in [-0.2, 0) is 15.6 Å². The van der Waals surface area contributed by atoms with Crippen LogP contribution in [0.2, 0.25) is 0 Å². The third-order valence-electron chi connectivity index (χ3n) is 10.1. The molecule has 0 heterocycles. The lowest BCUT2D eigenvalue weighted by atomic mass is 9.77. The molecule has 0 bridgehead atoms. The minimum absolute atomic E-state index is 0.273. The van der Waals surface area contributed by atoms with Crippen LogP contribution in [0, 0.1) is 5.92 Å². The van der Waals surface area contributed by atoms with E-state index in [4.69, 9.17) is 9.47 Å². The molecule has 1 aliphatic rings. The molecular formula is C44H62O4. The van der Waals surface area contributed by atoms with Crippen LogP contribution in [0.4, 0.5) is 0 Å². The van der Waals surface area contributed by atoms with Crippen LogP contribution in [0.15, 0.2) is 60.7 Å². The molecule has 3 aromatic carbocycles. The normalized spacial score (nSPS) is 16.9. The number of phenols is 1. The van der Waals surface area contributed by atoms with E-state index in [2.05, 4.69) is 55.5 Å². The fraction of sp³-hybridized carbons (Fsp3) is 0.568. The summed E-state index contributed by atoms with van der Waals surface area (Å²) in [7, 11) is 0. The van der Waals surface area contributed by atoms with Gasteiger partial charge in [0.05, 0.1) is 18.8 Å². The van der Waals surface area contributed by atoms with Gasteiger partial charge in [-0.1, -0.05) is 111 Å². The maximum atomic E-state index is 12.9. The number of carbonyl (C=O) groups is 1. The lowest BCUT2D eigenvalue weighted by Gasteiger charge is -2.29. The Morgan fingerprint density at radius 2 is 1.25 bits per heavy atom. The standard InChI is InChI=1S/C44H62O4/c1-8-9-12-15-32-16-18-33(19-17-32)34-20-22-35(23-21-34)36-24-26-38(27-25-36)47-28-13-10-11-14-29-48-42(46)37-30-39(43(2,3)4)41(45)40(31-37)44(5,6)7/h20-27,30-33,45H,8-19,28-29H2,1-7H3. The first kappa shape index (κ1) is 37.5. The van der Waals surface area contributed by atoms with Gasteiger partial charge in [0.25, 0.3) is 0 Å². The molecule has 4 heteroatoms. The number of unbranched alkanes of at least 4 members (excludes halogenated alkanes) is 5. The van der Waals surface area contributed by atoms with Crippen LogP contribution in [0.5, 0.6) is 11.5 Å². The van der Waals surface area contributed by atoms with E-state index in [1.807, 2.05) is 41.5 Å². The lowest BCUT2D eigenvalue weighted by molar-refractivity contribution is 0.0497. The fourth-order valence-electron chi connectivity index (χ4n) is 7.05. The molecule has 1 N–H and O–H groups in total. The average molecular weight is 655 g/mol. The van der Waals surface area contributed by atoms with Crippen molar-refractivity contribution in [2.45, 2.75) is 142 Å². The summed E-state index contributed by atoms with van der Waals surface area (Å²) >= 11 is 0. The fourth-order valence-corrected chi connectivity index (χ4v) is 7.05. The molecule has 0 spiro atoms. The average Bonchev–Trinajstić information content (AvgIpc) is 3.05. The summed E-state index contributed by atoms with van der Waals surface area (Å²) in [5, 5.41) is 10.9. The highest BCUT2D eigenvalue weighted by Crippen LogP contribution is 2.40. The quantitative estimate of drug-likeness (QED) is 0.131. The third kappa shape index (κ3) is 10.9. The number of hydrogen-bond donors (Lipinski definition) is 1. The Morgan fingerprint density at radius 1 is 0.708 bits per heavy atom. The zero-order valence-electron chi connectivity index (χ0n) is 31.0. The van der Waals surface area contributed by atoms with Crippen molar-refractivity contribution in [1.82, 2.24) is 0 Å². The van der Waals surface area contributed by atoms with E-state index < -0.39 is 0 Å². The molecule has 4 rings (SSSR count). The number of esters is 1. The summed E-state index contributed by atoms with van der Waals surface area (Å²) in [6.45, 7) is 15.6. The first-order valence-electron chi connectivity index (χ1n) is 18.7. The first-order chi connectivity index (χ1) is 22.9. The van der Waals surface area contributed by atoms with Crippen molar-refractivity contribution in [3.05, 3.63) is 82.9 Å². The highest BCUT2D eigenvalue weighted by molar-refractivity contribution is 5.90. The van der Waals surface area contributed by atoms with E-state index in [1.54, 1.807) is 12.1 Å². The van der Waals surface area contributed by atoms with Crippen LogP contribution in [-0.4, -0.2) is 24.3 Å². The van der Waals surface area contributed by atoms with Crippen LogP contribution in [0.25, 0.3) is 11.1 Å². The summed E-state index contributed by atoms with van der Waals surface area (Å²) in [4.78, 5) is 12.9. The summed E-state index contributed by atoms with van der Waals surface area (Å²) in [6.07, 6.45) is 14.8. The van der Waals surface area contributed by atoms with Gasteiger partial charge in [-0.3, -0.25) is 0 Å². The number of carbonyl (C=O) groups excluding carboxylic acids is 1. The van der Waals surface area contributed by atoms with Gasteiger partial charge in [0.15, 0.2) is 0 Å². The molecule has 0 unspecified atom stereocenters. The number of ether oxygens (including phenoxy) is 2. The van der Waals surface area contributed by atoms with Crippen molar-refractivity contribution < 1.29 is 19.4 Å². The van der Waals surface area contributed by atoms with Gasteiger partial charge in [-0.15, -0.1) is 0 Å². The smallest absolute Gasteiger partial charge is 0.338 e. The second kappa shape index (κ2) is 17.4. The summed E-state index contributed by atoms with van der Waals surface area (Å²) in [5.74, 6) is 2.52. The number of phenolic OH excluding ortho intramolecular Hbond substituents is 1. The van der Waals surface area contributed by atoms with Crippen molar-refractivity contribution in [1.29, 1.82) is 0 Å². The Kier molecular flexibility index (Phi) is 13.6. The highest BCUT2D eigenvalue weighted by Gasteiger charge is 2.28. The van der Waals surface area contributed by atoms with Gasteiger partial charge in [-0.2, -0.15) is 0 Å². The van der Waals surface area contributed by atoms with E-state index >= 15 is 0 Å². The SMILES string of the molecule is CCCCCC1CCC(c2ccc(-c3ccc(OCCCCCCOC(=O)c4cc(C(C)(C)C)c(O)c(C(C)(C)C)c4)cc3)cc2)CC1. The van der Waals surface area contributed by atoms with E-state index in [0.29, 0.717) is 18.8 Å². The van der Waals surface area contributed by atoms with Gasteiger partial charge >= 0.3 is 5.97 Å². The van der Waals surface area contributed by atoms with E-state index in [9.17, 15) is 9.90 Å². The van der Waals surface area contributed by atoms with Crippen molar-refractivity contribution in [2.75, 3.05) is 13.2 Å². The lowest BCUT2D eigenvalue weighted by Crippen LogP contribution is -2.19. The molecule has 3 aromatic rings. The second-order valence-electron chi connectivity index (χ2n) is 16.2. The highest BCUT2D eigenvalue weighted by atomic mass is 16.5. The Labute approximate surface area is 291 Å². The maximum absolute atomic E-state index is 12.9. The molecule has 0 amide bonds. The zero-order chi connectivity index (χ0) is 34.7. The van der Waals surface area contributed by atoms with Crippen LogP contribution in [0.1, 0.15) is 158 Å². The largest absolute Gasteiger partial charge is 0.507 e. The second-order valence-corrected chi connectivity index (χ2v) is 16.2. The van der Waals surface area contributed by atoms with Crippen molar-refractivity contribution in [3.8, 4) is 22.6 Å². The minimum atomic E-state index is -0.330. The predicted octanol–water partition coefficient (Wildman–Crippen LogP) is 12.3. The molecule has 0 aliphatic heterocycles. The molecule has 1 saturated carbocycles. The van der Waals surface area contributed by atoms with Crippen LogP contribution >= 0.6 is 0 Å². The molecule has 262 valence electrons. The Balaban J connectivity index is 1.14. The van der Waals surface area contributed by atoms with E-state index in [-0.39, 0.29) is 22.5 Å². The number of rotatable bonds is 15. The molecule has 48 heavy (non-hydrogen) atoms. The van der Waals surface area contributed by atoms with Crippen LogP contribution in [0.3, 0.4) is 0 Å². The molecule has 1 aliphatic carbocycles. The monoisotopic (exact) mass is 654 g/mol. The predicted molar refractivity (Wildman–Crippen MR) is 200 cm³/mol. The molecule has 0 saturated heterocycles. The van der Waals surface area contributed by atoms with Gasteiger partial charge in [-0.05, 0) is 115 Å². The number of benzene rings is 3. The van der Waals surface area contributed by atoms with Crippen molar-refractivity contribution >= 4 is 5.97 Å². The minimum Gasteiger partial charge on any atom is -0.507 e. The van der Waals surface area contributed by atoms with Gasteiger partial charge < -0.3 is 14.6 Å². The van der Waals surface area contributed by atoms with Crippen LogP contribution < -0.4 is 4.74 Å². The van der Waals surface area contributed by atoms with Gasteiger partial charge in [0.1, 0.15) is 11.5 Å². The number of aromatic hydroxyl groups is 1. The van der Waals surface area contributed by atoms with E-state index in [1.165, 1.54) is 68.1 Å². The Hall–Kier alpha value is -3.27. The molecule has 0 radical (unpaired) electrons. The van der Waals surface area contributed by atoms with Crippen molar-refractivity contribution in [2.24, 2.45) is 5.92 Å². The van der Waals surface area contributed by atoms with E-state index in [0.717, 1.165) is 54.4 Å². The Bertz CT molecular complexity index is 1380. The molecule has 0 aromatic heterocycles. The van der Waals surface area contributed by atoms with Gasteiger partial charge in [0.2, 0.25) is 0 Å². The van der Waals surface area contributed by atoms with Gasteiger partial charge in [0, 0.05) is 11.1 Å². The van der Waals surface area contributed by atoms with Gasteiger partial charge in [-0.25, -0.2) is 4.79 Å².